The summed E-state index contributed by atoms with van der Waals surface area (Å²) in [5.41, 5.74) is 0. The highest BCUT2D eigenvalue weighted by molar-refractivity contribution is 8.02. The summed E-state index contributed by atoms with van der Waals surface area (Å²) >= 11 is 1.73. The van der Waals surface area contributed by atoms with Gasteiger partial charge in [-0.3, -0.25) is 0 Å². The van der Waals surface area contributed by atoms with E-state index in [0.29, 0.717) is 0 Å². The summed E-state index contributed by atoms with van der Waals surface area (Å²) in [6, 6.07) is 0. The molecule has 0 N–H and O–H groups in total. The maximum atomic E-state index is 6.11. The van der Waals surface area contributed by atoms with Gasteiger partial charge in [-0.15, -0.1) is 0 Å². The molecule has 0 radical (unpaired) electrons. The maximum absolute atomic E-state index is 6.11. The summed E-state index contributed by atoms with van der Waals surface area (Å²) in [6.07, 6.45) is 1.86. The van der Waals surface area contributed by atoms with Crippen LogP contribution in [0, 0.1) is 0 Å². The van der Waals surface area contributed by atoms with E-state index in [2.05, 4.69) is 60.4 Å². The number of hydrogen-bond acceptors (Lipinski definition) is 3. The second kappa shape index (κ2) is 6.52. The Morgan fingerprint density at radius 2 is 1.61 bits per heavy atom. The molecule has 0 amide bonds. The lowest BCUT2D eigenvalue weighted by molar-refractivity contribution is 0.386. The minimum atomic E-state index is -1.73. The Balaban J connectivity index is 4.78. The third-order valence-corrected chi connectivity index (χ3v) is 9.00. The van der Waals surface area contributed by atoms with Gasteiger partial charge in [-0.1, -0.05) is 39.5 Å². The minimum absolute atomic E-state index is 0.227. The molecule has 5 heteroatoms. The first-order valence-corrected chi connectivity index (χ1v) is 13.9. The van der Waals surface area contributed by atoms with E-state index < -0.39 is 16.6 Å². The van der Waals surface area contributed by atoms with Crippen molar-refractivity contribution in [2.45, 2.75) is 65.5 Å². The summed E-state index contributed by atoms with van der Waals surface area (Å²) in [5, 5.41) is 1.17. The van der Waals surface area contributed by atoms with Gasteiger partial charge >= 0.3 is 0 Å². The lowest BCUT2D eigenvalue weighted by Crippen LogP contribution is -2.39. The van der Waals surface area contributed by atoms with E-state index in [0.717, 1.165) is 10.8 Å². The van der Waals surface area contributed by atoms with Crippen LogP contribution in [0.4, 0.5) is 0 Å². The SMILES string of the molecule is CCS/C(=C\O[Si](C)(C)C(C)(C)C)O[Si](C)(C)C. The van der Waals surface area contributed by atoms with Gasteiger partial charge in [0.05, 0.1) is 0 Å². The van der Waals surface area contributed by atoms with Crippen molar-refractivity contribution in [2.75, 3.05) is 5.75 Å². The van der Waals surface area contributed by atoms with Crippen molar-refractivity contribution in [3.8, 4) is 0 Å². The van der Waals surface area contributed by atoms with Gasteiger partial charge < -0.3 is 8.85 Å². The van der Waals surface area contributed by atoms with E-state index in [1.807, 2.05) is 6.26 Å². The molecule has 108 valence electrons. The molecule has 0 unspecified atom stereocenters. The van der Waals surface area contributed by atoms with Gasteiger partial charge in [-0.25, -0.2) is 0 Å². The van der Waals surface area contributed by atoms with Crippen molar-refractivity contribution in [3.63, 3.8) is 0 Å². The Bertz CT molecular complexity index is 288. The molecule has 0 rings (SSSR count). The molecule has 0 aliphatic carbocycles. The third-order valence-electron chi connectivity index (χ3n) is 2.95. The Morgan fingerprint density at radius 3 is 1.94 bits per heavy atom. The summed E-state index contributed by atoms with van der Waals surface area (Å²) in [7, 11) is -3.28. The Hall–Kier alpha value is 0.124. The van der Waals surface area contributed by atoms with Crippen LogP contribution in [-0.2, 0) is 8.85 Å². The van der Waals surface area contributed by atoms with E-state index in [1.54, 1.807) is 11.8 Å². The zero-order valence-electron chi connectivity index (χ0n) is 13.5. The predicted molar refractivity (Wildman–Crippen MR) is 88.9 cm³/mol. The zero-order chi connectivity index (χ0) is 14.6. The largest absolute Gasteiger partial charge is 0.546 e. The minimum Gasteiger partial charge on any atom is -0.546 e. The van der Waals surface area contributed by atoms with E-state index in [4.69, 9.17) is 8.85 Å². The highest BCUT2D eigenvalue weighted by Gasteiger charge is 2.38. The highest BCUT2D eigenvalue weighted by Crippen LogP contribution is 2.37. The molecule has 0 aromatic rings. The Kier molecular flexibility index (Phi) is 6.57. The van der Waals surface area contributed by atoms with E-state index in [-0.39, 0.29) is 5.04 Å². The van der Waals surface area contributed by atoms with Crippen LogP contribution in [0.5, 0.6) is 0 Å². The fourth-order valence-corrected chi connectivity index (χ4v) is 3.78. The van der Waals surface area contributed by atoms with Gasteiger partial charge in [0.15, 0.2) is 5.09 Å². The van der Waals surface area contributed by atoms with Crippen LogP contribution in [0.1, 0.15) is 27.7 Å². The summed E-state index contributed by atoms with van der Waals surface area (Å²) < 4.78 is 12.2. The second-order valence-corrected chi connectivity index (χ2v) is 17.4. The number of hydrogen-bond donors (Lipinski definition) is 0. The van der Waals surface area contributed by atoms with Crippen LogP contribution in [-0.4, -0.2) is 22.4 Å². The second-order valence-electron chi connectivity index (χ2n) is 6.96. The number of thioether (sulfide) groups is 1. The molecular weight excluding hydrogens is 276 g/mol. The molecule has 18 heavy (non-hydrogen) atoms. The molecule has 0 atom stereocenters. The molecule has 0 aliphatic heterocycles. The molecule has 0 aromatic carbocycles. The molecule has 2 nitrogen and oxygen atoms in total. The van der Waals surface area contributed by atoms with Crippen LogP contribution in [0.15, 0.2) is 11.4 Å². The lowest BCUT2D eigenvalue weighted by atomic mass is 10.2. The first kappa shape index (κ1) is 18.1. The van der Waals surface area contributed by atoms with Gasteiger partial charge in [0.25, 0.3) is 0 Å². The zero-order valence-corrected chi connectivity index (χ0v) is 16.3. The van der Waals surface area contributed by atoms with Crippen molar-refractivity contribution in [1.29, 1.82) is 0 Å². The molecule has 0 bridgehead atoms. The van der Waals surface area contributed by atoms with Gasteiger partial charge in [0.1, 0.15) is 6.26 Å². The lowest BCUT2D eigenvalue weighted by Gasteiger charge is -2.35. The first-order valence-electron chi connectivity index (χ1n) is 6.59. The van der Waals surface area contributed by atoms with Crippen LogP contribution in [0.2, 0.25) is 37.8 Å². The average Bonchev–Trinajstić information content (AvgIpc) is 2.10. The molecule has 0 aromatic heterocycles. The smallest absolute Gasteiger partial charge is 0.249 e. The predicted octanol–water partition coefficient (Wildman–Crippen LogP) is 5.41. The van der Waals surface area contributed by atoms with Crippen molar-refractivity contribution in [2.24, 2.45) is 0 Å². The van der Waals surface area contributed by atoms with Gasteiger partial charge in [-0.05, 0) is 43.5 Å². The average molecular weight is 307 g/mol. The summed E-state index contributed by atoms with van der Waals surface area (Å²) in [5.74, 6) is 1.01. The summed E-state index contributed by atoms with van der Waals surface area (Å²) in [4.78, 5) is 0. The van der Waals surface area contributed by atoms with Gasteiger partial charge in [0.2, 0.25) is 16.6 Å². The molecule has 0 fully saturated rings. The molecule has 0 saturated heterocycles. The third kappa shape index (κ3) is 6.90. The highest BCUT2D eigenvalue weighted by atomic mass is 32.2. The number of rotatable bonds is 6. The van der Waals surface area contributed by atoms with Gasteiger partial charge in [-0.2, -0.15) is 0 Å². The van der Waals surface area contributed by atoms with Crippen LogP contribution < -0.4 is 0 Å². The fraction of sp³-hybridized carbons (Fsp3) is 0.846. The Morgan fingerprint density at radius 1 is 1.11 bits per heavy atom. The standard InChI is InChI=1S/C13H30O2SSi2/c1-10-16-12(15-17(5,6)7)11-14-18(8,9)13(2,3)4/h11H,10H2,1-9H3/b12-11-. The van der Waals surface area contributed by atoms with Crippen molar-refractivity contribution in [1.82, 2.24) is 0 Å². The van der Waals surface area contributed by atoms with E-state index in [9.17, 15) is 0 Å². The van der Waals surface area contributed by atoms with Gasteiger partial charge in [0, 0.05) is 0 Å². The monoisotopic (exact) mass is 306 g/mol. The van der Waals surface area contributed by atoms with Crippen LogP contribution in [0.25, 0.3) is 0 Å². The van der Waals surface area contributed by atoms with E-state index in [1.165, 1.54) is 0 Å². The van der Waals surface area contributed by atoms with Crippen molar-refractivity contribution < 1.29 is 8.85 Å². The quantitative estimate of drug-likeness (QED) is 0.483. The fourth-order valence-electron chi connectivity index (χ4n) is 0.904. The normalized spacial score (nSPS) is 14.6. The molecule has 0 saturated carbocycles. The first-order chi connectivity index (χ1) is 7.89. The van der Waals surface area contributed by atoms with Crippen LogP contribution in [0.3, 0.4) is 0 Å². The summed E-state index contributed by atoms with van der Waals surface area (Å²) in [6.45, 7) is 20.0. The van der Waals surface area contributed by atoms with Crippen molar-refractivity contribution in [3.05, 3.63) is 11.4 Å². The topological polar surface area (TPSA) is 18.5 Å². The molecule has 0 spiro atoms. The maximum Gasteiger partial charge on any atom is 0.249 e. The molecular formula is C13H30O2SSi2. The molecule has 0 heterocycles. The van der Waals surface area contributed by atoms with Crippen molar-refractivity contribution >= 4 is 28.4 Å². The molecule has 0 aliphatic rings. The van der Waals surface area contributed by atoms with Crippen LogP contribution >= 0.6 is 11.8 Å². The van der Waals surface area contributed by atoms with E-state index >= 15 is 0 Å². The Labute approximate surface area is 120 Å².